The van der Waals surface area contributed by atoms with Crippen LogP contribution >= 0.6 is 35.4 Å². The average molecular weight is 342 g/mol. The lowest BCUT2D eigenvalue weighted by Gasteiger charge is -2.11. The van der Waals surface area contributed by atoms with Gasteiger partial charge in [0.05, 0.1) is 17.7 Å². The van der Waals surface area contributed by atoms with Gasteiger partial charge in [-0.05, 0) is 29.8 Å². The number of benzene rings is 2. The van der Waals surface area contributed by atoms with E-state index in [0.29, 0.717) is 33.7 Å². The van der Waals surface area contributed by atoms with Crippen LogP contribution in [-0.2, 0) is 6.61 Å². The summed E-state index contributed by atoms with van der Waals surface area (Å²) in [4.78, 5) is 0.273. The highest BCUT2D eigenvalue weighted by atomic mass is 35.5. The first kappa shape index (κ1) is 15.9. The molecule has 0 amide bonds. The molecule has 2 N–H and O–H groups in total. The number of rotatable bonds is 5. The molecule has 21 heavy (non-hydrogen) atoms. The fourth-order valence-corrected chi connectivity index (χ4v) is 2.28. The quantitative estimate of drug-likeness (QED) is 0.827. The molecular formula is C15H13Cl2NO2S. The third kappa shape index (κ3) is 4.00. The summed E-state index contributed by atoms with van der Waals surface area (Å²) in [5.74, 6) is 1.16. The number of hydrogen-bond acceptors (Lipinski definition) is 3. The molecule has 0 spiro atoms. The molecule has 0 aromatic heterocycles. The maximum atomic E-state index is 6.05. The Morgan fingerprint density at radius 3 is 2.57 bits per heavy atom. The highest BCUT2D eigenvalue weighted by Crippen LogP contribution is 2.29. The van der Waals surface area contributed by atoms with Crippen LogP contribution in [0.2, 0.25) is 10.0 Å². The molecule has 0 atom stereocenters. The zero-order chi connectivity index (χ0) is 15.4. The normalized spacial score (nSPS) is 10.2. The summed E-state index contributed by atoms with van der Waals surface area (Å²) < 4.78 is 10.9. The third-order valence-corrected chi connectivity index (χ3v) is 3.58. The van der Waals surface area contributed by atoms with Crippen molar-refractivity contribution < 1.29 is 9.47 Å². The monoisotopic (exact) mass is 341 g/mol. The molecule has 2 aromatic carbocycles. The van der Waals surface area contributed by atoms with Crippen molar-refractivity contribution >= 4 is 40.4 Å². The van der Waals surface area contributed by atoms with E-state index in [1.165, 1.54) is 0 Å². The Hall–Kier alpha value is -1.49. The molecule has 0 aliphatic carbocycles. The Bertz CT molecular complexity index is 677. The maximum Gasteiger partial charge on any atom is 0.139 e. The van der Waals surface area contributed by atoms with Crippen LogP contribution in [-0.4, -0.2) is 12.1 Å². The van der Waals surface area contributed by atoms with E-state index in [2.05, 4.69) is 0 Å². The molecule has 2 rings (SSSR count). The average Bonchev–Trinajstić information content (AvgIpc) is 2.47. The van der Waals surface area contributed by atoms with Gasteiger partial charge in [0.25, 0.3) is 0 Å². The van der Waals surface area contributed by atoms with E-state index in [1.54, 1.807) is 31.4 Å². The predicted octanol–water partition coefficient (Wildman–Crippen LogP) is 4.22. The minimum absolute atomic E-state index is 0.273. The van der Waals surface area contributed by atoms with Crippen LogP contribution < -0.4 is 15.2 Å². The highest BCUT2D eigenvalue weighted by Gasteiger charge is 2.08. The highest BCUT2D eigenvalue weighted by molar-refractivity contribution is 7.80. The molecule has 0 aliphatic heterocycles. The number of nitrogens with two attached hydrogens (primary N) is 1. The number of halogens is 2. The molecular weight excluding hydrogens is 329 g/mol. The second kappa shape index (κ2) is 6.98. The van der Waals surface area contributed by atoms with Crippen molar-refractivity contribution in [1.82, 2.24) is 0 Å². The maximum absolute atomic E-state index is 6.05. The van der Waals surface area contributed by atoms with Crippen LogP contribution in [0.25, 0.3) is 0 Å². The smallest absolute Gasteiger partial charge is 0.139 e. The summed E-state index contributed by atoms with van der Waals surface area (Å²) in [6.45, 7) is 0.319. The van der Waals surface area contributed by atoms with Gasteiger partial charge < -0.3 is 15.2 Å². The van der Waals surface area contributed by atoms with Gasteiger partial charge in [-0.3, -0.25) is 0 Å². The van der Waals surface area contributed by atoms with Crippen LogP contribution in [0.1, 0.15) is 11.1 Å². The van der Waals surface area contributed by atoms with Gasteiger partial charge in [0.15, 0.2) is 0 Å². The van der Waals surface area contributed by atoms with Gasteiger partial charge in [0, 0.05) is 11.1 Å². The summed E-state index contributed by atoms with van der Waals surface area (Å²) in [6.07, 6.45) is 0. The molecule has 0 radical (unpaired) electrons. The van der Waals surface area contributed by atoms with Crippen molar-refractivity contribution in [3.8, 4) is 11.5 Å². The van der Waals surface area contributed by atoms with Gasteiger partial charge in [0.1, 0.15) is 23.1 Å². The molecule has 6 heteroatoms. The molecule has 3 nitrogen and oxygen atoms in total. The van der Waals surface area contributed by atoms with E-state index < -0.39 is 0 Å². The zero-order valence-corrected chi connectivity index (χ0v) is 13.6. The molecule has 0 saturated heterocycles. The minimum Gasteiger partial charge on any atom is -0.496 e. The van der Waals surface area contributed by atoms with Crippen LogP contribution in [0.4, 0.5) is 0 Å². The Kier molecular flexibility index (Phi) is 5.28. The number of ether oxygens (including phenoxy) is 2. The lowest BCUT2D eigenvalue weighted by Crippen LogP contribution is -2.12. The molecule has 0 aliphatic rings. The summed E-state index contributed by atoms with van der Waals surface area (Å²) in [5.41, 5.74) is 7.25. The first-order valence-electron chi connectivity index (χ1n) is 6.06. The molecule has 0 fully saturated rings. The Balaban J connectivity index is 2.18. The first-order valence-corrected chi connectivity index (χ1v) is 7.22. The summed E-state index contributed by atoms with van der Waals surface area (Å²) in [7, 11) is 1.57. The molecule has 0 saturated carbocycles. The van der Waals surface area contributed by atoms with E-state index in [4.69, 9.17) is 50.6 Å². The van der Waals surface area contributed by atoms with E-state index >= 15 is 0 Å². The zero-order valence-electron chi connectivity index (χ0n) is 11.2. The largest absolute Gasteiger partial charge is 0.496 e. The third-order valence-electron chi connectivity index (χ3n) is 2.82. The van der Waals surface area contributed by atoms with E-state index in [0.717, 1.165) is 5.56 Å². The van der Waals surface area contributed by atoms with E-state index in [1.807, 2.05) is 12.1 Å². The van der Waals surface area contributed by atoms with Crippen LogP contribution in [0, 0.1) is 0 Å². The van der Waals surface area contributed by atoms with Crippen LogP contribution in [0.15, 0.2) is 36.4 Å². The van der Waals surface area contributed by atoms with Gasteiger partial charge in [-0.25, -0.2) is 0 Å². The second-order valence-electron chi connectivity index (χ2n) is 4.26. The molecule has 0 heterocycles. The molecule has 110 valence electrons. The summed E-state index contributed by atoms with van der Waals surface area (Å²) in [5, 5.41) is 1.07. The minimum atomic E-state index is 0.273. The Labute approximate surface area is 138 Å². The predicted molar refractivity (Wildman–Crippen MR) is 89.7 cm³/mol. The van der Waals surface area contributed by atoms with E-state index in [-0.39, 0.29) is 4.99 Å². The number of thiocarbonyl (C=S) groups is 1. The van der Waals surface area contributed by atoms with Crippen molar-refractivity contribution in [1.29, 1.82) is 0 Å². The van der Waals surface area contributed by atoms with Crippen molar-refractivity contribution in [2.45, 2.75) is 6.61 Å². The topological polar surface area (TPSA) is 44.5 Å². The molecule has 2 aromatic rings. The summed E-state index contributed by atoms with van der Waals surface area (Å²) in [6, 6.07) is 10.6. The van der Waals surface area contributed by atoms with E-state index in [9.17, 15) is 0 Å². The second-order valence-corrected chi connectivity index (χ2v) is 5.55. The van der Waals surface area contributed by atoms with Crippen LogP contribution in [0.5, 0.6) is 11.5 Å². The van der Waals surface area contributed by atoms with Gasteiger partial charge in [0.2, 0.25) is 0 Å². The standard InChI is InChI=1S/C15H13Cl2NO2S/c1-19-13-5-2-9(6-11(13)15(18)21)8-20-14-7-10(16)3-4-12(14)17/h2-7H,8H2,1H3,(H2,18,21). The Morgan fingerprint density at radius 1 is 1.14 bits per heavy atom. The molecule has 0 unspecified atom stereocenters. The van der Waals surface area contributed by atoms with Crippen molar-refractivity contribution in [3.63, 3.8) is 0 Å². The fraction of sp³-hybridized carbons (Fsp3) is 0.133. The first-order chi connectivity index (χ1) is 10.0. The van der Waals surface area contributed by atoms with Crippen LogP contribution in [0.3, 0.4) is 0 Å². The number of hydrogen-bond donors (Lipinski definition) is 1. The SMILES string of the molecule is COc1ccc(COc2cc(Cl)ccc2Cl)cc1C(N)=S. The fourth-order valence-electron chi connectivity index (χ4n) is 1.79. The lowest BCUT2D eigenvalue weighted by molar-refractivity contribution is 0.306. The van der Waals surface area contributed by atoms with Gasteiger partial charge in [-0.15, -0.1) is 0 Å². The Morgan fingerprint density at radius 2 is 1.90 bits per heavy atom. The number of methoxy groups -OCH3 is 1. The molecule has 0 bridgehead atoms. The van der Waals surface area contributed by atoms with Crippen molar-refractivity contribution in [2.75, 3.05) is 7.11 Å². The van der Waals surface area contributed by atoms with Gasteiger partial charge >= 0.3 is 0 Å². The van der Waals surface area contributed by atoms with Gasteiger partial charge in [-0.2, -0.15) is 0 Å². The lowest BCUT2D eigenvalue weighted by atomic mass is 10.1. The van der Waals surface area contributed by atoms with Crippen molar-refractivity contribution in [3.05, 3.63) is 57.6 Å². The van der Waals surface area contributed by atoms with Gasteiger partial charge in [-0.1, -0.05) is 41.5 Å². The van der Waals surface area contributed by atoms with Crippen molar-refractivity contribution in [2.24, 2.45) is 5.73 Å². The summed E-state index contributed by atoms with van der Waals surface area (Å²) >= 11 is 17.0.